The molecule has 1 aliphatic rings. The van der Waals surface area contributed by atoms with E-state index in [2.05, 4.69) is 87.3 Å². The van der Waals surface area contributed by atoms with E-state index < -0.39 is 62.0 Å². The van der Waals surface area contributed by atoms with Crippen molar-refractivity contribution in [2.45, 2.75) is 66.1 Å². The molecule has 5 heterocycles. The summed E-state index contributed by atoms with van der Waals surface area (Å²) in [6.45, 7) is 6.91. The van der Waals surface area contributed by atoms with E-state index in [9.17, 15) is 11.0 Å². The molecule has 4 aromatic heterocycles. The zero-order chi connectivity index (χ0) is 71.7. The Labute approximate surface area is 553 Å². The number of aromatic nitrogens is 5. The standard InChI is InChI=1S/C82H63N5O.Pt/c1-51-21-19-22-52(2)78(51)54-43-69(53-35-37-55(38-36-53)81(3,4)5)79-70(44-54)63-27-11-9-25-61(63)62-26-10-12-28-64(62)71-47-58(86-72-32-16-13-29-65(72)66-30-14-17-33-73(66)86)48-76-80(71)85(79)50-84(76)57-23-20-24-59(46-57)88-60-39-40-68-67-31-15-18-34-74(67)87(75(68)49-60)77-45-56(41-42-83-77)82(6,7)8;/h9-45,47-48H,1-8H3;/q-2;/i1D3,2D3,9D,10D,11D,12D,25D,26D,27D,28D;. The summed E-state index contributed by atoms with van der Waals surface area (Å²) >= 11 is 0. The van der Waals surface area contributed by atoms with Gasteiger partial charge in [0.25, 0.3) is 6.33 Å². The number of ether oxygens (including phenoxy) is 1. The molecule has 0 amide bonds. The van der Waals surface area contributed by atoms with Crippen LogP contribution >= 0.6 is 0 Å². The normalized spacial score (nSPS) is 14.7. The average Bonchev–Trinajstić information content (AvgIpc) is 1.60. The first-order valence-corrected chi connectivity index (χ1v) is 29.3. The van der Waals surface area contributed by atoms with Crippen LogP contribution in [-0.2, 0) is 31.9 Å². The topological polar surface area (TPSA) is 40.8 Å². The van der Waals surface area contributed by atoms with Crippen LogP contribution in [-0.4, -0.2) is 18.7 Å². The number of rotatable bonds is 7. The van der Waals surface area contributed by atoms with Crippen LogP contribution in [0.3, 0.4) is 0 Å². The average molecular weight is 1340 g/mol. The fourth-order valence-corrected chi connectivity index (χ4v) is 12.9. The number of imidazole rings is 1. The first-order valence-electron chi connectivity index (χ1n) is 36.3. The Morgan fingerprint density at radius 2 is 1.06 bits per heavy atom. The fraction of sp³-hybridized carbons (Fsp3) is 0.122. The molecular formula is C82H63N5OPt-2. The van der Waals surface area contributed by atoms with E-state index in [0.29, 0.717) is 39.6 Å². The van der Waals surface area contributed by atoms with E-state index in [4.69, 9.17) is 17.9 Å². The maximum atomic E-state index is 10.3. The number of pyridine rings is 1. The zero-order valence-electron chi connectivity index (χ0n) is 63.4. The molecule has 0 saturated carbocycles. The summed E-state index contributed by atoms with van der Waals surface area (Å²) < 4.78 is 147. The molecule has 0 fully saturated rings. The van der Waals surface area contributed by atoms with Crippen LogP contribution in [0.1, 0.15) is 83.0 Å². The Hall–Kier alpha value is -9.87. The Kier molecular flexibility index (Phi) is 10.0. The number of hydrogen-bond acceptors (Lipinski definition) is 2. The van der Waals surface area contributed by atoms with Crippen molar-refractivity contribution in [3.63, 3.8) is 0 Å². The molecule has 0 atom stereocenters. The summed E-state index contributed by atoms with van der Waals surface area (Å²) in [5.41, 5.74) is 6.13. The number of benzene rings is 11. The van der Waals surface area contributed by atoms with Crippen molar-refractivity contribution in [1.82, 2.24) is 18.7 Å². The van der Waals surface area contributed by atoms with E-state index >= 15 is 0 Å². The van der Waals surface area contributed by atoms with Gasteiger partial charge in [0.15, 0.2) is 0 Å². The van der Waals surface area contributed by atoms with Crippen molar-refractivity contribution in [2.24, 2.45) is 0 Å². The quantitative estimate of drug-likeness (QED) is 0.118. The molecule has 0 spiro atoms. The third-order valence-corrected chi connectivity index (χ3v) is 17.1. The molecular weight excluding hydrogens is 1270 g/mol. The van der Waals surface area contributed by atoms with Gasteiger partial charge in [0, 0.05) is 69.0 Å². The summed E-state index contributed by atoms with van der Waals surface area (Å²) in [6, 6.07) is 58.4. The summed E-state index contributed by atoms with van der Waals surface area (Å²) in [5, 5.41) is 3.78. The first-order chi connectivity index (χ1) is 48.5. The molecule has 434 valence electrons. The van der Waals surface area contributed by atoms with Gasteiger partial charge in [-0.1, -0.05) is 192 Å². The van der Waals surface area contributed by atoms with Crippen LogP contribution < -0.4 is 9.30 Å². The fourth-order valence-electron chi connectivity index (χ4n) is 12.9. The van der Waals surface area contributed by atoms with Crippen molar-refractivity contribution in [2.75, 3.05) is 0 Å². The van der Waals surface area contributed by atoms with Gasteiger partial charge in [-0.15, -0.1) is 29.7 Å². The van der Waals surface area contributed by atoms with E-state index in [1.165, 1.54) is 18.2 Å². The second-order valence-electron chi connectivity index (χ2n) is 24.6. The van der Waals surface area contributed by atoms with Gasteiger partial charge >= 0.3 is 0 Å². The predicted molar refractivity (Wildman–Crippen MR) is 362 cm³/mol. The number of nitrogens with zero attached hydrogens (tertiary/aromatic N) is 5. The minimum absolute atomic E-state index is 0. The van der Waals surface area contributed by atoms with Gasteiger partial charge in [0.2, 0.25) is 0 Å². The maximum Gasteiger partial charge on any atom is 0.268 e. The van der Waals surface area contributed by atoms with Gasteiger partial charge in [-0.2, -0.15) is 18.2 Å². The maximum absolute atomic E-state index is 10.3. The van der Waals surface area contributed by atoms with Crippen molar-refractivity contribution >= 4 is 54.6 Å². The van der Waals surface area contributed by atoms with Crippen LogP contribution in [0.4, 0.5) is 0 Å². The predicted octanol–water partition coefficient (Wildman–Crippen LogP) is 20.5. The zero-order valence-corrected chi connectivity index (χ0v) is 51.6. The summed E-state index contributed by atoms with van der Waals surface area (Å²) in [4.78, 5) is 4.89. The molecule has 0 bridgehead atoms. The van der Waals surface area contributed by atoms with Gasteiger partial charge in [-0.3, -0.25) is 4.57 Å². The largest absolute Gasteiger partial charge is 0.510 e. The Morgan fingerprint density at radius 1 is 0.483 bits per heavy atom. The van der Waals surface area contributed by atoms with Crippen molar-refractivity contribution in [3.8, 4) is 90.0 Å². The molecule has 0 aliphatic carbocycles. The molecule has 7 heteroatoms. The molecule has 16 rings (SSSR count). The van der Waals surface area contributed by atoms with Crippen molar-refractivity contribution < 1.29 is 49.6 Å². The Balaban J connectivity index is 0.00000856. The molecule has 0 N–H and O–H groups in total. The van der Waals surface area contributed by atoms with Crippen molar-refractivity contribution in [3.05, 3.63) is 277 Å². The number of fused-ring (bicyclic) bond motifs is 13. The molecule has 11 aromatic carbocycles. The summed E-state index contributed by atoms with van der Waals surface area (Å²) in [7, 11) is 0. The van der Waals surface area contributed by atoms with Crippen LogP contribution in [0, 0.1) is 32.2 Å². The van der Waals surface area contributed by atoms with Gasteiger partial charge in [-0.05, 0) is 168 Å². The summed E-state index contributed by atoms with van der Waals surface area (Å²) in [6.07, 6.45) is 5.55. The van der Waals surface area contributed by atoms with E-state index in [1.54, 1.807) is 27.3 Å². The smallest absolute Gasteiger partial charge is 0.268 e. The van der Waals surface area contributed by atoms with Gasteiger partial charge in [-0.25, -0.2) is 4.98 Å². The molecule has 0 saturated heterocycles. The molecule has 0 radical (unpaired) electrons. The molecule has 89 heavy (non-hydrogen) atoms. The van der Waals surface area contributed by atoms with E-state index in [0.717, 1.165) is 54.7 Å². The SMILES string of the molecule is [2H]c1c([2H])c([2H])c2c(c1[2H])-c1cc(-c3c(C([2H])([2H])[2H])cccc3C([2H])([2H])[2H])cc(-c3ccc(C(C)(C)C)cc3)c1-[n+]1[c-]n(-c3[c-]c(Oc4[c-]c5c(cc4)c4ccccc4n5-c4cc(C(C)(C)C)ccn4)ccc3)c3cc(-n4c5ccccc5c5ccccc54)cc(c31)-c1c([2H])c([2H])c([2H])c([2H])c1-2.[Pt]. The molecule has 0 unspecified atom stereocenters. The van der Waals surface area contributed by atoms with Crippen LogP contribution in [0.5, 0.6) is 11.5 Å². The third kappa shape index (κ3) is 9.18. The second-order valence-corrected chi connectivity index (χ2v) is 24.6. The van der Waals surface area contributed by atoms with Crippen LogP contribution in [0.25, 0.3) is 133 Å². The van der Waals surface area contributed by atoms with Gasteiger partial charge in [0.1, 0.15) is 5.82 Å². The second kappa shape index (κ2) is 21.2. The summed E-state index contributed by atoms with van der Waals surface area (Å²) in [5.74, 6) is 1.35. The Bertz CT molecular complexity index is 6010. The van der Waals surface area contributed by atoms with E-state index in [1.807, 2.05) is 134 Å². The van der Waals surface area contributed by atoms with Gasteiger partial charge in [0.05, 0.1) is 38.7 Å². The van der Waals surface area contributed by atoms with Crippen LogP contribution in [0.2, 0.25) is 0 Å². The third-order valence-electron chi connectivity index (χ3n) is 17.1. The van der Waals surface area contributed by atoms with Crippen molar-refractivity contribution in [1.29, 1.82) is 0 Å². The first kappa shape index (κ1) is 42.1. The van der Waals surface area contributed by atoms with E-state index in [-0.39, 0.29) is 104 Å². The molecule has 6 nitrogen and oxygen atoms in total. The molecule has 1 aliphatic heterocycles. The minimum Gasteiger partial charge on any atom is -0.510 e. The monoisotopic (exact) mass is 1340 g/mol. The Morgan fingerprint density at radius 3 is 1.70 bits per heavy atom. The number of hydrogen-bond donors (Lipinski definition) is 0. The van der Waals surface area contributed by atoms with Crippen LogP contribution in [0.15, 0.2) is 237 Å². The number of para-hydroxylation sites is 3. The number of aryl methyl sites for hydroxylation is 2. The molecule has 15 aromatic rings. The minimum atomic E-state index is -2.90. The van der Waals surface area contributed by atoms with Gasteiger partial charge < -0.3 is 18.4 Å².